The van der Waals surface area contributed by atoms with Crippen molar-refractivity contribution >= 4 is 10.0 Å². The molecule has 0 heterocycles. The van der Waals surface area contributed by atoms with Crippen LogP contribution in [0, 0.1) is 11.3 Å². The van der Waals surface area contributed by atoms with E-state index in [9.17, 15) is 8.42 Å². The molecule has 0 amide bonds. The molecular weight excluding hydrogens is 224 g/mol. The second-order valence-corrected chi connectivity index (χ2v) is 7.20. The van der Waals surface area contributed by atoms with Crippen LogP contribution < -0.4 is 10.5 Å². The number of hydrogen-bond donors (Lipinski definition) is 2. The van der Waals surface area contributed by atoms with Gasteiger partial charge in [-0.3, -0.25) is 0 Å². The molecular formula is C11H22N2O2S. The highest BCUT2D eigenvalue weighted by Gasteiger charge is 2.53. The molecule has 0 aromatic carbocycles. The van der Waals surface area contributed by atoms with Gasteiger partial charge in [-0.1, -0.05) is 0 Å². The summed E-state index contributed by atoms with van der Waals surface area (Å²) in [5, 5.41) is 0. The minimum Gasteiger partial charge on any atom is -0.330 e. The Bertz CT molecular complexity index is 332. The molecule has 2 aliphatic rings. The van der Waals surface area contributed by atoms with E-state index in [1.165, 1.54) is 25.7 Å². The molecule has 0 bridgehead atoms. The SMILES string of the molecule is NCCCCS(=O)(=O)NCC1(C2CC2)CC1. The fraction of sp³-hybridized carbons (Fsp3) is 1.00. The summed E-state index contributed by atoms with van der Waals surface area (Å²) < 4.78 is 26.1. The van der Waals surface area contributed by atoms with Gasteiger partial charge in [0.1, 0.15) is 0 Å². The van der Waals surface area contributed by atoms with Crippen molar-refractivity contribution in [3.05, 3.63) is 0 Å². The highest BCUT2D eigenvalue weighted by atomic mass is 32.2. The summed E-state index contributed by atoms with van der Waals surface area (Å²) in [5.41, 5.74) is 5.69. The Morgan fingerprint density at radius 3 is 2.44 bits per heavy atom. The van der Waals surface area contributed by atoms with E-state index in [1.807, 2.05) is 0 Å². The summed E-state index contributed by atoms with van der Waals surface area (Å²) in [6.07, 6.45) is 6.48. The van der Waals surface area contributed by atoms with Crippen molar-refractivity contribution < 1.29 is 8.42 Å². The second-order valence-electron chi connectivity index (χ2n) is 5.27. The summed E-state index contributed by atoms with van der Waals surface area (Å²) in [5.74, 6) is 1.03. The Kier molecular flexibility index (Phi) is 3.56. The van der Waals surface area contributed by atoms with Crippen molar-refractivity contribution in [2.24, 2.45) is 17.1 Å². The third kappa shape index (κ3) is 3.18. The van der Waals surface area contributed by atoms with Gasteiger partial charge in [-0.05, 0) is 56.4 Å². The molecule has 0 aliphatic heterocycles. The van der Waals surface area contributed by atoms with E-state index in [-0.39, 0.29) is 5.75 Å². The van der Waals surface area contributed by atoms with Gasteiger partial charge in [0.05, 0.1) is 5.75 Å². The number of sulfonamides is 1. The summed E-state index contributed by atoms with van der Waals surface area (Å²) in [6, 6.07) is 0. The maximum atomic E-state index is 11.7. The van der Waals surface area contributed by atoms with Crippen LogP contribution in [-0.4, -0.2) is 27.3 Å². The molecule has 0 unspecified atom stereocenters. The van der Waals surface area contributed by atoms with Crippen LogP contribution in [0.4, 0.5) is 0 Å². The average molecular weight is 246 g/mol. The quantitative estimate of drug-likeness (QED) is 0.623. The van der Waals surface area contributed by atoms with Crippen LogP contribution in [0.1, 0.15) is 38.5 Å². The molecule has 2 rings (SSSR count). The minimum absolute atomic E-state index is 0.227. The third-order valence-electron chi connectivity index (χ3n) is 3.85. The van der Waals surface area contributed by atoms with E-state index >= 15 is 0 Å². The van der Waals surface area contributed by atoms with Crippen molar-refractivity contribution in [2.45, 2.75) is 38.5 Å². The van der Waals surface area contributed by atoms with Crippen molar-refractivity contribution in [1.82, 2.24) is 4.72 Å². The lowest BCUT2D eigenvalue weighted by molar-refractivity contribution is 0.431. The number of nitrogens with two attached hydrogens (primary N) is 1. The Morgan fingerprint density at radius 2 is 1.94 bits per heavy atom. The fourth-order valence-corrected chi connectivity index (χ4v) is 3.58. The van der Waals surface area contributed by atoms with E-state index in [0.29, 0.717) is 24.9 Å². The largest absolute Gasteiger partial charge is 0.330 e. The smallest absolute Gasteiger partial charge is 0.211 e. The normalized spacial score (nSPS) is 23.3. The van der Waals surface area contributed by atoms with Crippen molar-refractivity contribution in [2.75, 3.05) is 18.8 Å². The van der Waals surface area contributed by atoms with E-state index in [1.54, 1.807) is 0 Å². The molecule has 4 nitrogen and oxygen atoms in total. The summed E-state index contributed by atoms with van der Waals surface area (Å²) in [7, 11) is -3.06. The molecule has 0 saturated heterocycles. The number of rotatable bonds is 8. The van der Waals surface area contributed by atoms with E-state index in [0.717, 1.165) is 12.3 Å². The van der Waals surface area contributed by atoms with Gasteiger partial charge in [-0.25, -0.2) is 13.1 Å². The van der Waals surface area contributed by atoms with Crippen LogP contribution >= 0.6 is 0 Å². The lowest BCUT2D eigenvalue weighted by Gasteiger charge is -2.15. The summed E-state index contributed by atoms with van der Waals surface area (Å²) in [4.78, 5) is 0. The molecule has 0 atom stereocenters. The molecule has 3 N–H and O–H groups in total. The Labute approximate surface area is 98.0 Å². The van der Waals surface area contributed by atoms with Crippen LogP contribution in [0.3, 0.4) is 0 Å². The summed E-state index contributed by atoms with van der Waals surface area (Å²) >= 11 is 0. The molecule has 94 valence electrons. The van der Waals surface area contributed by atoms with Gasteiger partial charge < -0.3 is 5.73 Å². The van der Waals surface area contributed by atoms with Gasteiger partial charge in [-0.15, -0.1) is 0 Å². The Morgan fingerprint density at radius 1 is 1.25 bits per heavy atom. The average Bonchev–Trinajstić information content (AvgIpc) is 3.08. The first kappa shape index (κ1) is 12.3. The number of unbranched alkanes of at least 4 members (excludes halogenated alkanes) is 1. The van der Waals surface area contributed by atoms with Crippen molar-refractivity contribution in [3.8, 4) is 0 Å². The van der Waals surface area contributed by atoms with Gasteiger partial charge >= 0.3 is 0 Å². The summed E-state index contributed by atoms with van der Waals surface area (Å²) in [6.45, 7) is 1.24. The zero-order valence-electron chi connectivity index (χ0n) is 9.74. The molecule has 0 aromatic rings. The minimum atomic E-state index is -3.06. The molecule has 5 heteroatoms. The van der Waals surface area contributed by atoms with Gasteiger partial charge in [0.25, 0.3) is 0 Å². The molecule has 2 aliphatic carbocycles. The lowest BCUT2D eigenvalue weighted by atomic mass is 10.0. The highest BCUT2D eigenvalue weighted by molar-refractivity contribution is 7.89. The van der Waals surface area contributed by atoms with E-state index in [2.05, 4.69) is 4.72 Å². The van der Waals surface area contributed by atoms with Crippen LogP contribution in [-0.2, 0) is 10.0 Å². The van der Waals surface area contributed by atoms with Crippen LogP contribution in [0.25, 0.3) is 0 Å². The molecule has 0 spiro atoms. The first-order valence-electron chi connectivity index (χ1n) is 6.25. The monoisotopic (exact) mass is 246 g/mol. The van der Waals surface area contributed by atoms with Gasteiger partial charge in [0, 0.05) is 6.54 Å². The van der Waals surface area contributed by atoms with Gasteiger partial charge in [-0.2, -0.15) is 0 Å². The number of nitrogens with one attached hydrogen (secondary N) is 1. The van der Waals surface area contributed by atoms with E-state index < -0.39 is 10.0 Å². The zero-order valence-corrected chi connectivity index (χ0v) is 10.6. The maximum absolute atomic E-state index is 11.7. The topological polar surface area (TPSA) is 72.2 Å². The standard InChI is InChI=1S/C11H22N2O2S/c12-7-1-2-8-16(14,15)13-9-11(5-6-11)10-3-4-10/h10,13H,1-9,12H2. The predicted molar refractivity (Wildman–Crippen MR) is 64.5 cm³/mol. The second kappa shape index (κ2) is 4.63. The lowest BCUT2D eigenvalue weighted by Crippen LogP contribution is -2.33. The number of hydrogen-bond acceptors (Lipinski definition) is 3. The molecule has 2 fully saturated rings. The highest BCUT2D eigenvalue weighted by Crippen LogP contribution is 2.60. The molecule has 0 radical (unpaired) electrons. The zero-order chi connectivity index (χ0) is 11.6. The Balaban J connectivity index is 1.71. The van der Waals surface area contributed by atoms with Gasteiger partial charge in [0.2, 0.25) is 10.0 Å². The molecule has 16 heavy (non-hydrogen) atoms. The first-order chi connectivity index (χ1) is 7.58. The van der Waals surface area contributed by atoms with Crippen LogP contribution in [0.15, 0.2) is 0 Å². The van der Waals surface area contributed by atoms with E-state index in [4.69, 9.17) is 5.73 Å². The fourth-order valence-electron chi connectivity index (χ4n) is 2.35. The Hall–Kier alpha value is -0.130. The van der Waals surface area contributed by atoms with Gasteiger partial charge in [0.15, 0.2) is 0 Å². The first-order valence-corrected chi connectivity index (χ1v) is 7.91. The van der Waals surface area contributed by atoms with Crippen LogP contribution in [0.5, 0.6) is 0 Å². The maximum Gasteiger partial charge on any atom is 0.211 e. The predicted octanol–water partition coefficient (Wildman–Crippen LogP) is 0.835. The third-order valence-corrected chi connectivity index (χ3v) is 5.26. The van der Waals surface area contributed by atoms with Crippen LogP contribution in [0.2, 0.25) is 0 Å². The van der Waals surface area contributed by atoms with Crippen molar-refractivity contribution in [1.29, 1.82) is 0 Å². The van der Waals surface area contributed by atoms with Crippen molar-refractivity contribution in [3.63, 3.8) is 0 Å². The molecule has 0 aromatic heterocycles. The molecule has 2 saturated carbocycles.